The van der Waals surface area contributed by atoms with E-state index in [1.54, 1.807) is 20.8 Å². The van der Waals surface area contributed by atoms with E-state index < -0.39 is 11.9 Å². The number of esters is 1. The van der Waals surface area contributed by atoms with Crippen molar-refractivity contribution in [2.24, 2.45) is 0 Å². The Balaban J connectivity index is 2.40. The molecule has 1 N–H and O–H groups in total. The maximum Gasteiger partial charge on any atom is 0.341 e. The van der Waals surface area contributed by atoms with Crippen molar-refractivity contribution in [3.8, 4) is 0 Å². The number of aryl methyl sites for hydroxylation is 1. The number of ketones is 1. The van der Waals surface area contributed by atoms with Gasteiger partial charge in [-0.3, -0.25) is 9.59 Å². The molecule has 2 aromatic heterocycles. The van der Waals surface area contributed by atoms with Crippen LogP contribution in [0.3, 0.4) is 0 Å². The fourth-order valence-electron chi connectivity index (χ4n) is 2.03. The van der Waals surface area contributed by atoms with Crippen molar-refractivity contribution in [1.29, 1.82) is 0 Å². The second-order valence-corrected chi connectivity index (χ2v) is 5.83. The average molecular weight is 336 g/mol. The van der Waals surface area contributed by atoms with Crippen LogP contribution < -0.4 is 5.32 Å². The number of rotatable bonds is 5. The van der Waals surface area contributed by atoms with E-state index in [4.69, 9.17) is 9.26 Å². The van der Waals surface area contributed by atoms with Gasteiger partial charge in [0.15, 0.2) is 11.5 Å². The van der Waals surface area contributed by atoms with Gasteiger partial charge in [-0.2, -0.15) is 0 Å². The fourth-order valence-corrected chi connectivity index (χ4v) is 3.11. The summed E-state index contributed by atoms with van der Waals surface area (Å²) in [7, 11) is 0. The normalized spacial score (nSPS) is 10.4. The summed E-state index contributed by atoms with van der Waals surface area (Å²) in [6.45, 7) is 6.59. The van der Waals surface area contributed by atoms with Crippen LogP contribution in [0.15, 0.2) is 10.6 Å². The number of ether oxygens (including phenoxy) is 1. The Morgan fingerprint density at radius 1 is 1.35 bits per heavy atom. The number of hydrogen-bond donors (Lipinski definition) is 1. The molecule has 23 heavy (non-hydrogen) atoms. The van der Waals surface area contributed by atoms with Crippen molar-refractivity contribution < 1.29 is 23.6 Å². The van der Waals surface area contributed by atoms with Crippen molar-refractivity contribution in [2.45, 2.75) is 27.7 Å². The van der Waals surface area contributed by atoms with Crippen molar-refractivity contribution >= 4 is 34.0 Å². The van der Waals surface area contributed by atoms with Gasteiger partial charge in [0.2, 0.25) is 0 Å². The molecule has 2 rings (SSSR count). The summed E-state index contributed by atoms with van der Waals surface area (Å²) in [6, 6.07) is 1.48. The molecule has 1 amide bonds. The van der Waals surface area contributed by atoms with Crippen molar-refractivity contribution in [1.82, 2.24) is 5.16 Å². The molecule has 0 spiro atoms. The Labute approximate surface area is 136 Å². The van der Waals surface area contributed by atoms with Crippen molar-refractivity contribution in [3.63, 3.8) is 0 Å². The Morgan fingerprint density at radius 2 is 2.04 bits per heavy atom. The second-order valence-electron chi connectivity index (χ2n) is 4.81. The molecule has 0 atom stereocenters. The van der Waals surface area contributed by atoms with E-state index in [9.17, 15) is 14.4 Å². The lowest BCUT2D eigenvalue weighted by molar-refractivity contribution is 0.0527. The Bertz CT molecular complexity index is 775. The Hall–Kier alpha value is -2.48. The number of thiophene rings is 1. The van der Waals surface area contributed by atoms with E-state index in [1.165, 1.54) is 13.0 Å². The summed E-state index contributed by atoms with van der Waals surface area (Å²) in [4.78, 5) is 36.4. The zero-order valence-corrected chi connectivity index (χ0v) is 14.0. The number of Topliss-reactive ketones (excluding diaryl/α,β-unsaturated/α-hetero) is 1. The number of nitrogens with zero attached hydrogens (tertiary/aromatic N) is 1. The van der Waals surface area contributed by atoms with Gasteiger partial charge in [-0.05, 0) is 33.3 Å². The molecular formula is C15H16N2O5S. The molecule has 0 unspecified atom stereocenters. The van der Waals surface area contributed by atoms with Gasteiger partial charge in [0.05, 0.1) is 17.0 Å². The lowest BCUT2D eigenvalue weighted by Gasteiger charge is -2.05. The van der Waals surface area contributed by atoms with Crippen LogP contribution in [-0.2, 0) is 4.74 Å². The summed E-state index contributed by atoms with van der Waals surface area (Å²) in [5.41, 5.74) is 0.774. The zero-order valence-electron chi connectivity index (χ0n) is 13.2. The zero-order chi connectivity index (χ0) is 17.1. The van der Waals surface area contributed by atoms with Gasteiger partial charge in [0.25, 0.3) is 5.91 Å². The van der Waals surface area contributed by atoms with E-state index in [2.05, 4.69) is 10.5 Å². The monoisotopic (exact) mass is 336 g/mol. The molecule has 0 aliphatic heterocycles. The fraction of sp³-hybridized carbons (Fsp3) is 0.333. The molecule has 0 bridgehead atoms. The number of amides is 1. The van der Waals surface area contributed by atoms with Crippen LogP contribution in [-0.4, -0.2) is 29.4 Å². The van der Waals surface area contributed by atoms with Crippen molar-refractivity contribution in [2.75, 3.05) is 11.9 Å². The van der Waals surface area contributed by atoms with Crippen LogP contribution in [0.25, 0.3) is 0 Å². The second kappa shape index (κ2) is 6.74. The van der Waals surface area contributed by atoms with E-state index in [0.717, 1.165) is 11.3 Å². The van der Waals surface area contributed by atoms with Gasteiger partial charge in [-0.25, -0.2) is 4.79 Å². The van der Waals surface area contributed by atoms with Gasteiger partial charge in [0.1, 0.15) is 10.8 Å². The van der Waals surface area contributed by atoms with Crippen LogP contribution in [0.1, 0.15) is 55.7 Å². The minimum Gasteiger partial charge on any atom is -0.462 e. The molecule has 0 aromatic carbocycles. The highest BCUT2D eigenvalue weighted by Gasteiger charge is 2.26. The number of carbonyl (C=O) groups is 3. The predicted octanol–water partition coefficient (Wildman–Crippen LogP) is 2.98. The summed E-state index contributed by atoms with van der Waals surface area (Å²) in [6.07, 6.45) is 0. The van der Waals surface area contributed by atoms with Crippen LogP contribution in [0.2, 0.25) is 0 Å². The molecule has 0 aliphatic carbocycles. The lowest BCUT2D eigenvalue weighted by atomic mass is 10.1. The number of hydrogen-bond acceptors (Lipinski definition) is 7. The number of anilines is 1. The van der Waals surface area contributed by atoms with Crippen molar-refractivity contribution in [3.05, 3.63) is 33.5 Å². The van der Waals surface area contributed by atoms with Gasteiger partial charge in [0, 0.05) is 6.07 Å². The third-order valence-electron chi connectivity index (χ3n) is 3.03. The molecule has 0 radical (unpaired) electrons. The third-order valence-corrected chi connectivity index (χ3v) is 4.34. The van der Waals surface area contributed by atoms with E-state index in [0.29, 0.717) is 16.2 Å². The van der Waals surface area contributed by atoms with Crippen LogP contribution in [0, 0.1) is 13.8 Å². The van der Waals surface area contributed by atoms with E-state index in [1.807, 2.05) is 0 Å². The molecule has 8 heteroatoms. The first-order valence-corrected chi connectivity index (χ1v) is 7.72. The average Bonchev–Trinajstić information content (AvgIpc) is 3.03. The molecule has 0 aliphatic rings. The highest BCUT2D eigenvalue weighted by atomic mass is 32.1. The lowest BCUT2D eigenvalue weighted by Crippen LogP contribution is -2.15. The standard InChI is InChI=1S/C15H16N2O5S/c1-5-21-15(20)11-8(3)12(9(4)18)23-14(11)16-13(19)10-6-7(2)22-17-10/h6H,5H2,1-4H3,(H,16,19). The summed E-state index contributed by atoms with van der Waals surface area (Å²) >= 11 is 1.04. The van der Waals surface area contributed by atoms with Crippen LogP contribution in [0.5, 0.6) is 0 Å². The van der Waals surface area contributed by atoms with Gasteiger partial charge >= 0.3 is 5.97 Å². The molecule has 122 valence electrons. The Morgan fingerprint density at radius 3 is 2.57 bits per heavy atom. The minimum absolute atomic E-state index is 0.0905. The number of carbonyl (C=O) groups excluding carboxylic acids is 3. The van der Waals surface area contributed by atoms with Crippen LogP contribution in [0.4, 0.5) is 5.00 Å². The predicted molar refractivity (Wildman–Crippen MR) is 84.2 cm³/mol. The highest BCUT2D eigenvalue weighted by molar-refractivity contribution is 7.18. The van der Waals surface area contributed by atoms with Gasteiger partial charge < -0.3 is 14.6 Å². The molecule has 7 nitrogen and oxygen atoms in total. The van der Waals surface area contributed by atoms with E-state index in [-0.39, 0.29) is 28.6 Å². The molecular weight excluding hydrogens is 320 g/mol. The maximum absolute atomic E-state index is 12.2. The molecule has 2 heterocycles. The molecule has 0 saturated carbocycles. The first-order valence-electron chi connectivity index (χ1n) is 6.91. The molecule has 0 saturated heterocycles. The highest BCUT2D eigenvalue weighted by Crippen LogP contribution is 2.34. The maximum atomic E-state index is 12.2. The summed E-state index contributed by atoms with van der Waals surface area (Å²) < 4.78 is 9.86. The number of aromatic nitrogens is 1. The van der Waals surface area contributed by atoms with E-state index >= 15 is 0 Å². The summed E-state index contributed by atoms with van der Waals surface area (Å²) in [5.74, 6) is -0.799. The largest absolute Gasteiger partial charge is 0.462 e. The molecule has 2 aromatic rings. The quantitative estimate of drug-likeness (QED) is 0.666. The SMILES string of the molecule is CCOC(=O)c1c(NC(=O)c2cc(C)on2)sc(C(C)=O)c1C. The molecule has 0 fully saturated rings. The smallest absolute Gasteiger partial charge is 0.341 e. The summed E-state index contributed by atoms with van der Waals surface area (Å²) in [5, 5.41) is 6.48. The first-order chi connectivity index (χ1) is 10.8. The van der Waals surface area contributed by atoms with Gasteiger partial charge in [-0.15, -0.1) is 11.3 Å². The minimum atomic E-state index is -0.583. The van der Waals surface area contributed by atoms with Crippen LogP contribution >= 0.6 is 11.3 Å². The topological polar surface area (TPSA) is 98.5 Å². The third kappa shape index (κ3) is 3.48. The first kappa shape index (κ1) is 16.9. The Kier molecular flexibility index (Phi) is 4.95. The van der Waals surface area contributed by atoms with Gasteiger partial charge in [-0.1, -0.05) is 5.16 Å². The number of nitrogens with one attached hydrogen (secondary N) is 1.